The number of hydrogen-bond donors (Lipinski definition) is 1. The number of aromatic nitrogens is 2. The van der Waals surface area contributed by atoms with E-state index >= 15 is 0 Å². The first kappa shape index (κ1) is 13.3. The number of benzene rings is 1. The average molecular weight is 257 g/mol. The minimum atomic E-state index is -0.103. The smallest absolute Gasteiger partial charge is 0.256 e. The fraction of sp³-hybridized carbons (Fsp3) is 0.333. The topological polar surface area (TPSA) is 46.9 Å². The first-order valence-corrected chi connectivity index (χ1v) is 6.53. The third-order valence-electron chi connectivity index (χ3n) is 3.20. The van der Waals surface area contributed by atoms with E-state index in [0.29, 0.717) is 5.56 Å². The Balaban J connectivity index is 2.18. The summed E-state index contributed by atoms with van der Waals surface area (Å²) in [5, 5.41) is 7.16. The molecule has 1 aromatic heterocycles. The van der Waals surface area contributed by atoms with Gasteiger partial charge in [-0.2, -0.15) is 5.10 Å². The van der Waals surface area contributed by atoms with Crippen molar-refractivity contribution in [3.05, 3.63) is 47.7 Å². The van der Waals surface area contributed by atoms with Gasteiger partial charge in [-0.05, 0) is 32.4 Å². The second kappa shape index (κ2) is 5.69. The summed E-state index contributed by atoms with van der Waals surface area (Å²) >= 11 is 0. The molecule has 100 valence electrons. The van der Waals surface area contributed by atoms with Crippen LogP contribution < -0.4 is 5.32 Å². The minimum absolute atomic E-state index is 0.103. The molecule has 0 fully saturated rings. The Hall–Kier alpha value is -2.10. The first-order valence-electron chi connectivity index (χ1n) is 6.53. The predicted octanol–water partition coefficient (Wildman–Crippen LogP) is 3.41. The molecule has 1 N–H and O–H groups in total. The van der Waals surface area contributed by atoms with Crippen LogP contribution in [0, 0.1) is 6.92 Å². The van der Waals surface area contributed by atoms with Crippen LogP contribution in [0.1, 0.15) is 42.2 Å². The molecule has 0 aliphatic carbocycles. The summed E-state index contributed by atoms with van der Waals surface area (Å²) in [6, 6.07) is 9.63. The van der Waals surface area contributed by atoms with Gasteiger partial charge in [0.2, 0.25) is 0 Å². The van der Waals surface area contributed by atoms with Gasteiger partial charge >= 0.3 is 0 Å². The highest BCUT2D eigenvalue weighted by molar-refractivity contribution is 6.03. The maximum Gasteiger partial charge on any atom is 0.256 e. The van der Waals surface area contributed by atoms with E-state index in [4.69, 9.17) is 0 Å². The molecule has 0 aliphatic rings. The molecule has 2 aromatic rings. The van der Waals surface area contributed by atoms with Crippen molar-refractivity contribution in [1.29, 1.82) is 0 Å². The summed E-state index contributed by atoms with van der Waals surface area (Å²) < 4.78 is 1.84. The molecule has 4 heteroatoms. The zero-order valence-corrected chi connectivity index (χ0v) is 11.6. The summed E-state index contributed by atoms with van der Waals surface area (Å²) in [7, 11) is 0. The quantitative estimate of drug-likeness (QED) is 0.912. The fourth-order valence-electron chi connectivity index (χ4n) is 1.91. The van der Waals surface area contributed by atoms with E-state index in [-0.39, 0.29) is 11.9 Å². The number of nitrogens with one attached hydrogen (secondary N) is 1. The van der Waals surface area contributed by atoms with E-state index in [2.05, 4.69) is 24.3 Å². The van der Waals surface area contributed by atoms with E-state index in [1.165, 1.54) is 0 Å². The van der Waals surface area contributed by atoms with Crippen molar-refractivity contribution in [2.75, 3.05) is 5.32 Å². The van der Waals surface area contributed by atoms with Crippen LogP contribution in [0.25, 0.3) is 0 Å². The van der Waals surface area contributed by atoms with E-state index in [1.54, 1.807) is 6.20 Å². The van der Waals surface area contributed by atoms with Crippen LogP contribution in [0.2, 0.25) is 0 Å². The van der Waals surface area contributed by atoms with Gasteiger partial charge in [-0.1, -0.05) is 24.6 Å². The Morgan fingerprint density at radius 1 is 1.42 bits per heavy atom. The number of rotatable bonds is 4. The Kier molecular flexibility index (Phi) is 4.00. The van der Waals surface area contributed by atoms with E-state index in [9.17, 15) is 4.79 Å². The van der Waals surface area contributed by atoms with Crippen molar-refractivity contribution in [2.24, 2.45) is 0 Å². The number of nitrogens with zero attached hydrogens (tertiary/aromatic N) is 2. The van der Waals surface area contributed by atoms with Crippen molar-refractivity contribution in [3.63, 3.8) is 0 Å². The normalized spacial score (nSPS) is 12.2. The van der Waals surface area contributed by atoms with Crippen LogP contribution in [-0.4, -0.2) is 15.7 Å². The van der Waals surface area contributed by atoms with E-state index in [0.717, 1.165) is 17.8 Å². The van der Waals surface area contributed by atoms with Gasteiger partial charge in [-0.3, -0.25) is 4.79 Å². The van der Waals surface area contributed by atoms with Crippen LogP contribution in [0.15, 0.2) is 36.5 Å². The van der Waals surface area contributed by atoms with Gasteiger partial charge in [0.15, 0.2) is 0 Å². The predicted molar refractivity (Wildman–Crippen MR) is 76.4 cm³/mol. The van der Waals surface area contributed by atoms with Crippen molar-refractivity contribution < 1.29 is 4.79 Å². The highest BCUT2D eigenvalue weighted by atomic mass is 16.1. The summed E-state index contributed by atoms with van der Waals surface area (Å²) in [5.74, 6) is 0.634. The van der Waals surface area contributed by atoms with Gasteiger partial charge in [0.25, 0.3) is 5.91 Å². The molecule has 0 bridgehead atoms. The monoisotopic (exact) mass is 257 g/mol. The minimum Gasteiger partial charge on any atom is -0.307 e. The maximum absolute atomic E-state index is 12.2. The lowest BCUT2D eigenvalue weighted by molar-refractivity contribution is 0.102. The molecule has 0 saturated heterocycles. The molecule has 19 heavy (non-hydrogen) atoms. The lowest BCUT2D eigenvalue weighted by atomic mass is 10.1. The molecule has 0 radical (unpaired) electrons. The molecule has 0 saturated carbocycles. The number of anilines is 1. The number of carbonyl (C=O) groups excluding carboxylic acids is 1. The Morgan fingerprint density at radius 3 is 2.89 bits per heavy atom. The van der Waals surface area contributed by atoms with Crippen molar-refractivity contribution in [1.82, 2.24) is 9.78 Å². The number of hydrogen-bond acceptors (Lipinski definition) is 2. The molecule has 1 amide bonds. The Bertz CT molecular complexity index is 574. The van der Waals surface area contributed by atoms with Crippen molar-refractivity contribution in [3.8, 4) is 0 Å². The van der Waals surface area contributed by atoms with Crippen molar-refractivity contribution >= 4 is 11.7 Å². The summed E-state index contributed by atoms with van der Waals surface area (Å²) in [6.07, 6.45) is 2.67. The van der Waals surface area contributed by atoms with Crippen LogP contribution in [0.3, 0.4) is 0 Å². The summed E-state index contributed by atoms with van der Waals surface area (Å²) in [5.41, 5.74) is 1.74. The molecule has 0 aliphatic heterocycles. The van der Waals surface area contributed by atoms with E-state index < -0.39 is 0 Å². The standard InChI is InChI=1S/C15H19N3O/c1-4-12(3)18-14(8-9-16-18)17-15(19)13-7-5-6-11(2)10-13/h5-10,12H,4H2,1-3H3,(H,17,19). The van der Waals surface area contributed by atoms with Crippen LogP contribution in [0.4, 0.5) is 5.82 Å². The fourth-order valence-corrected chi connectivity index (χ4v) is 1.91. The second-order valence-corrected chi connectivity index (χ2v) is 4.74. The van der Waals surface area contributed by atoms with Gasteiger partial charge in [-0.25, -0.2) is 4.68 Å². The lowest BCUT2D eigenvalue weighted by Gasteiger charge is -2.14. The Morgan fingerprint density at radius 2 is 2.21 bits per heavy atom. The third-order valence-corrected chi connectivity index (χ3v) is 3.20. The summed E-state index contributed by atoms with van der Waals surface area (Å²) in [6.45, 7) is 6.15. The molecular formula is C15H19N3O. The zero-order valence-electron chi connectivity index (χ0n) is 11.6. The largest absolute Gasteiger partial charge is 0.307 e. The molecule has 1 aromatic carbocycles. The number of aryl methyl sites for hydroxylation is 1. The number of amides is 1. The number of carbonyl (C=O) groups is 1. The molecule has 0 spiro atoms. The van der Waals surface area contributed by atoms with Crippen LogP contribution >= 0.6 is 0 Å². The molecule has 1 heterocycles. The average Bonchev–Trinajstić information content (AvgIpc) is 2.86. The van der Waals surface area contributed by atoms with Gasteiger partial charge in [0.05, 0.1) is 12.2 Å². The molecule has 1 atom stereocenters. The lowest BCUT2D eigenvalue weighted by Crippen LogP contribution is -2.17. The highest BCUT2D eigenvalue weighted by Gasteiger charge is 2.12. The maximum atomic E-state index is 12.2. The van der Waals surface area contributed by atoms with Crippen molar-refractivity contribution in [2.45, 2.75) is 33.2 Å². The molecule has 2 rings (SSSR count). The SMILES string of the molecule is CCC(C)n1nccc1NC(=O)c1cccc(C)c1. The van der Waals surface area contributed by atoms with Gasteiger partial charge in [0, 0.05) is 11.6 Å². The van der Waals surface area contributed by atoms with Gasteiger partial charge < -0.3 is 5.32 Å². The van der Waals surface area contributed by atoms with Gasteiger partial charge in [0.1, 0.15) is 5.82 Å². The zero-order chi connectivity index (χ0) is 13.8. The van der Waals surface area contributed by atoms with E-state index in [1.807, 2.05) is 41.9 Å². The highest BCUT2D eigenvalue weighted by Crippen LogP contribution is 2.17. The first-order chi connectivity index (χ1) is 9.11. The van der Waals surface area contributed by atoms with Crippen LogP contribution in [0.5, 0.6) is 0 Å². The molecule has 4 nitrogen and oxygen atoms in total. The van der Waals surface area contributed by atoms with Gasteiger partial charge in [-0.15, -0.1) is 0 Å². The van der Waals surface area contributed by atoms with Crippen LogP contribution in [-0.2, 0) is 0 Å². The second-order valence-electron chi connectivity index (χ2n) is 4.74. The summed E-state index contributed by atoms with van der Waals surface area (Å²) in [4.78, 5) is 12.2. The molecular weight excluding hydrogens is 238 g/mol. The molecule has 1 unspecified atom stereocenters. The Labute approximate surface area is 113 Å². The third kappa shape index (κ3) is 3.02.